The Morgan fingerprint density at radius 2 is 1.93 bits per heavy atom. The molecule has 3 rings (SSSR count). The smallest absolute Gasteiger partial charge is 0.317 e. The number of hydrogen-bond donors (Lipinski definition) is 1. The van der Waals surface area contributed by atoms with Crippen LogP contribution in [0.5, 0.6) is 0 Å². The molecule has 0 aromatic heterocycles. The van der Waals surface area contributed by atoms with Gasteiger partial charge >= 0.3 is 6.03 Å². The lowest BCUT2D eigenvalue weighted by atomic mass is 10.1. The van der Waals surface area contributed by atoms with Crippen LogP contribution in [0.3, 0.4) is 0 Å². The Bertz CT molecular complexity index is 825. The number of nitrogens with zero attached hydrogens (tertiary/aromatic N) is 2. The van der Waals surface area contributed by atoms with Gasteiger partial charge in [-0.25, -0.2) is 13.6 Å². The van der Waals surface area contributed by atoms with Crippen LogP contribution in [0.15, 0.2) is 42.5 Å². The molecular formula is C22H27F2N3O. The Balaban J connectivity index is 1.50. The highest BCUT2D eigenvalue weighted by molar-refractivity contribution is 5.74. The molecule has 2 atom stereocenters. The van der Waals surface area contributed by atoms with Gasteiger partial charge in [-0.15, -0.1) is 0 Å². The zero-order valence-corrected chi connectivity index (χ0v) is 16.6. The molecule has 0 bridgehead atoms. The number of urea groups is 1. The van der Waals surface area contributed by atoms with E-state index in [9.17, 15) is 13.6 Å². The van der Waals surface area contributed by atoms with Crippen molar-refractivity contribution in [2.75, 3.05) is 31.6 Å². The van der Waals surface area contributed by atoms with Crippen LogP contribution in [0.4, 0.5) is 19.3 Å². The highest BCUT2D eigenvalue weighted by Gasteiger charge is 2.25. The topological polar surface area (TPSA) is 35.6 Å². The third-order valence-electron chi connectivity index (χ3n) is 5.56. The van der Waals surface area contributed by atoms with Crippen molar-refractivity contribution in [3.63, 3.8) is 0 Å². The number of anilines is 1. The maximum Gasteiger partial charge on any atom is 0.317 e. The molecule has 0 saturated carbocycles. The molecule has 0 spiro atoms. The SMILES string of the molecule is Cc1ccc(C(C)N(C)C(=O)NCC2CCN(c3ccc(F)c(F)c3)C2)cc1. The van der Waals surface area contributed by atoms with Crippen LogP contribution in [0, 0.1) is 24.5 Å². The van der Waals surface area contributed by atoms with Crippen LogP contribution in [0.2, 0.25) is 0 Å². The standard InChI is InChI=1S/C22H27F2N3O/c1-15-4-6-18(7-5-15)16(2)26(3)22(28)25-13-17-10-11-27(14-17)19-8-9-20(23)21(24)12-19/h4-9,12,16-17H,10-11,13-14H2,1-3H3,(H,25,28). The fourth-order valence-corrected chi connectivity index (χ4v) is 3.52. The van der Waals surface area contributed by atoms with Gasteiger partial charge in [-0.1, -0.05) is 29.8 Å². The summed E-state index contributed by atoms with van der Waals surface area (Å²) >= 11 is 0. The van der Waals surface area contributed by atoms with E-state index in [2.05, 4.69) is 5.32 Å². The predicted molar refractivity (Wildman–Crippen MR) is 107 cm³/mol. The van der Waals surface area contributed by atoms with Crippen molar-refractivity contribution in [2.24, 2.45) is 5.92 Å². The van der Waals surface area contributed by atoms with Crippen LogP contribution in [-0.2, 0) is 0 Å². The third-order valence-corrected chi connectivity index (χ3v) is 5.56. The van der Waals surface area contributed by atoms with Gasteiger partial charge < -0.3 is 15.1 Å². The molecule has 6 heteroatoms. The molecule has 1 aliphatic rings. The first-order valence-corrected chi connectivity index (χ1v) is 9.62. The van der Waals surface area contributed by atoms with Crippen molar-refractivity contribution >= 4 is 11.7 Å². The summed E-state index contributed by atoms with van der Waals surface area (Å²) in [5.74, 6) is -1.39. The molecule has 1 aliphatic heterocycles. The summed E-state index contributed by atoms with van der Waals surface area (Å²) in [6.07, 6.45) is 0.899. The van der Waals surface area contributed by atoms with E-state index in [1.54, 1.807) is 18.0 Å². The van der Waals surface area contributed by atoms with E-state index in [4.69, 9.17) is 0 Å². The summed E-state index contributed by atoms with van der Waals surface area (Å²) in [6.45, 7) is 6.08. The first kappa shape index (κ1) is 20.1. The zero-order chi connectivity index (χ0) is 20.3. The first-order chi connectivity index (χ1) is 13.3. The highest BCUT2D eigenvalue weighted by atomic mass is 19.2. The van der Waals surface area contributed by atoms with Crippen LogP contribution in [0.1, 0.15) is 30.5 Å². The molecule has 2 amide bonds. The second-order valence-electron chi connectivity index (χ2n) is 7.58. The minimum Gasteiger partial charge on any atom is -0.371 e. The summed E-state index contributed by atoms with van der Waals surface area (Å²) in [5.41, 5.74) is 2.96. The molecule has 2 aromatic carbocycles. The van der Waals surface area contributed by atoms with Crippen molar-refractivity contribution in [2.45, 2.75) is 26.3 Å². The number of rotatable bonds is 5. The van der Waals surface area contributed by atoms with Gasteiger partial charge in [0.2, 0.25) is 0 Å². The van der Waals surface area contributed by atoms with Crippen molar-refractivity contribution < 1.29 is 13.6 Å². The van der Waals surface area contributed by atoms with Gasteiger partial charge in [-0.3, -0.25) is 0 Å². The lowest BCUT2D eigenvalue weighted by Gasteiger charge is -2.26. The van der Waals surface area contributed by atoms with Gasteiger partial charge in [0.15, 0.2) is 11.6 Å². The van der Waals surface area contributed by atoms with Gasteiger partial charge in [-0.05, 0) is 43.9 Å². The van der Waals surface area contributed by atoms with Gasteiger partial charge in [0.25, 0.3) is 0 Å². The fourth-order valence-electron chi connectivity index (χ4n) is 3.52. The predicted octanol–water partition coefficient (Wildman–Crippen LogP) is 4.50. The third kappa shape index (κ3) is 4.61. The molecule has 1 heterocycles. The Labute approximate surface area is 165 Å². The monoisotopic (exact) mass is 387 g/mol. The first-order valence-electron chi connectivity index (χ1n) is 9.62. The number of aryl methyl sites for hydroxylation is 1. The van der Waals surface area contributed by atoms with Crippen molar-refractivity contribution in [1.29, 1.82) is 0 Å². The fraction of sp³-hybridized carbons (Fsp3) is 0.409. The van der Waals surface area contributed by atoms with Crippen LogP contribution >= 0.6 is 0 Å². The zero-order valence-electron chi connectivity index (χ0n) is 16.6. The average Bonchev–Trinajstić information content (AvgIpc) is 3.16. The van der Waals surface area contributed by atoms with Crippen molar-refractivity contribution in [3.8, 4) is 0 Å². The molecule has 0 aliphatic carbocycles. The van der Waals surface area contributed by atoms with Crippen molar-refractivity contribution in [1.82, 2.24) is 10.2 Å². The maximum absolute atomic E-state index is 13.4. The van der Waals surface area contributed by atoms with Crippen LogP contribution < -0.4 is 10.2 Å². The van der Waals surface area contributed by atoms with E-state index in [1.165, 1.54) is 11.6 Å². The summed E-state index contributed by atoms with van der Waals surface area (Å²) < 4.78 is 26.6. The van der Waals surface area contributed by atoms with Gasteiger partial charge in [0.1, 0.15) is 0 Å². The number of benzene rings is 2. The molecule has 2 aromatic rings. The van der Waals surface area contributed by atoms with E-state index in [1.807, 2.05) is 43.0 Å². The molecule has 1 N–H and O–H groups in total. The molecular weight excluding hydrogens is 360 g/mol. The number of halogens is 2. The lowest BCUT2D eigenvalue weighted by Crippen LogP contribution is -2.41. The van der Waals surface area contributed by atoms with E-state index in [0.29, 0.717) is 18.8 Å². The van der Waals surface area contributed by atoms with Crippen LogP contribution in [0.25, 0.3) is 0 Å². The normalized spacial score (nSPS) is 17.5. The summed E-state index contributed by atoms with van der Waals surface area (Å²) in [7, 11) is 1.79. The molecule has 2 unspecified atom stereocenters. The van der Waals surface area contributed by atoms with Gasteiger partial charge in [0.05, 0.1) is 6.04 Å². The molecule has 150 valence electrons. The lowest BCUT2D eigenvalue weighted by molar-refractivity contribution is 0.193. The Morgan fingerprint density at radius 1 is 1.21 bits per heavy atom. The minimum absolute atomic E-state index is 0.0251. The Kier molecular flexibility index (Phi) is 6.17. The maximum atomic E-state index is 13.4. The second-order valence-corrected chi connectivity index (χ2v) is 7.58. The van der Waals surface area contributed by atoms with E-state index >= 15 is 0 Å². The summed E-state index contributed by atoms with van der Waals surface area (Å²) in [5, 5.41) is 3.01. The molecule has 28 heavy (non-hydrogen) atoms. The molecule has 4 nitrogen and oxygen atoms in total. The van der Waals surface area contributed by atoms with Gasteiger partial charge in [-0.2, -0.15) is 0 Å². The summed E-state index contributed by atoms with van der Waals surface area (Å²) in [4.78, 5) is 16.3. The highest BCUT2D eigenvalue weighted by Crippen LogP contribution is 2.25. The Hall–Kier alpha value is -2.63. The molecule has 1 saturated heterocycles. The number of amides is 2. The minimum atomic E-state index is -0.836. The van der Waals surface area contributed by atoms with E-state index in [-0.39, 0.29) is 18.0 Å². The van der Waals surface area contributed by atoms with E-state index in [0.717, 1.165) is 24.6 Å². The number of hydrogen-bond acceptors (Lipinski definition) is 2. The molecule has 1 fully saturated rings. The Morgan fingerprint density at radius 3 is 2.61 bits per heavy atom. The number of nitrogens with one attached hydrogen (secondary N) is 1. The van der Waals surface area contributed by atoms with Gasteiger partial charge in [0, 0.05) is 38.4 Å². The number of carbonyl (C=O) groups is 1. The second kappa shape index (κ2) is 8.59. The van der Waals surface area contributed by atoms with Crippen molar-refractivity contribution in [3.05, 3.63) is 65.2 Å². The quantitative estimate of drug-likeness (QED) is 0.820. The largest absolute Gasteiger partial charge is 0.371 e. The summed E-state index contributed by atoms with van der Waals surface area (Å²) in [6, 6.07) is 12.0. The molecule has 0 radical (unpaired) electrons. The average molecular weight is 387 g/mol. The van der Waals surface area contributed by atoms with E-state index < -0.39 is 11.6 Å². The van der Waals surface area contributed by atoms with Crippen LogP contribution in [-0.4, -0.2) is 37.6 Å². The number of carbonyl (C=O) groups excluding carboxylic acids is 1.